The minimum atomic E-state index is -0.166. The van der Waals surface area contributed by atoms with Crippen LogP contribution in [0.1, 0.15) is 33.6 Å². The van der Waals surface area contributed by atoms with E-state index in [2.05, 4.69) is 25.4 Å². The number of amides is 1. The number of ether oxygens (including phenoxy) is 1. The van der Waals surface area contributed by atoms with E-state index in [-0.39, 0.29) is 10.8 Å². The van der Waals surface area contributed by atoms with Crippen molar-refractivity contribution in [2.24, 2.45) is 0 Å². The molecule has 0 aromatic heterocycles. The zero-order valence-electron chi connectivity index (χ0n) is 12.0. The zero-order chi connectivity index (χ0) is 13.6. The molecule has 1 N–H and O–H groups in total. The fourth-order valence-corrected chi connectivity index (χ4v) is 2.17. The van der Waals surface area contributed by atoms with Gasteiger partial charge < -0.3 is 15.0 Å². The Balaban J connectivity index is 2.25. The summed E-state index contributed by atoms with van der Waals surface area (Å²) < 4.78 is 5.29. The van der Waals surface area contributed by atoms with Crippen molar-refractivity contribution in [2.45, 2.75) is 44.4 Å². The molecule has 1 fully saturated rings. The summed E-state index contributed by atoms with van der Waals surface area (Å²) in [6, 6.07) is 0.530. The van der Waals surface area contributed by atoms with Gasteiger partial charge in [-0.1, -0.05) is 0 Å². The summed E-state index contributed by atoms with van der Waals surface area (Å²) in [5.41, 5.74) is 0. The molecule has 0 unspecified atom stereocenters. The number of likely N-dealkylation sites (tertiary alicyclic amines) is 1. The van der Waals surface area contributed by atoms with Gasteiger partial charge in [0.05, 0.1) is 6.61 Å². The number of hydrogen-bond donors (Lipinski definition) is 1. The van der Waals surface area contributed by atoms with Gasteiger partial charge in [0, 0.05) is 30.4 Å². The van der Waals surface area contributed by atoms with E-state index in [4.69, 9.17) is 4.74 Å². The number of nitrogens with one attached hydrogen (secondary N) is 1. The highest BCUT2D eigenvalue weighted by molar-refractivity contribution is 7.99. The fourth-order valence-electron chi connectivity index (χ4n) is 1.94. The predicted octanol–water partition coefficient (Wildman–Crippen LogP) is 2.34. The van der Waals surface area contributed by atoms with Gasteiger partial charge in [-0.25, -0.2) is 4.79 Å². The first-order valence-electron chi connectivity index (χ1n) is 6.68. The molecular weight excluding hydrogens is 248 g/mol. The maximum atomic E-state index is 11.5. The van der Waals surface area contributed by atoms with Crippen LogP contribution in [0.3, 0.4) is 0 Å². The summed E-state index contributed by atoms with van der Waals surface area (Å²) in [5.74, 6) is 0. The van der Waals surface area contributed by atoms with Crippen LogP contribution >= 0.6 is 11.8 Å². The first-order valence-corrected chi connectivity index (χ1v) is 7.91. The van der Waals surface area contributed by atoms with Crippen LogP contribution in [-0.4, -0.2) is 54.3 Å². The molecule has 1 heterocycles. The Bertz CT molecular complexity index is 264. The number of hydrogen-bond acceptors (Lipinski definition) is 4. The van der Waals surface area contributed by atoms with Crippen LogP contribution in [-0.2, 0) is 4.74 Å². The Morgan fingerprint density at radius 3 is 2.56 bits per heavy atom. The van der Waals surface area contributed by atoms with Crippen molar-refractivity contribution in [1.82, 2.24) is 10.2 Å². The molecule has 1 rings (SSSR count). The van der Waals surface area contributed by atoms with Crippen molar-refractivity contribution < 1.29 is 9.53 Å². The number of carbonyl (C=O) groups excluding carboxylic acids is 1. The molecule has 0 aliphatic carbocycles. The molecule has 0 aromatic rings. The first kappa shape index (κ1) is 15.6. The van der Waals surface area contributed by atoms with Gasteiger partial charge in [-0.05, 0) is 39.9 Å². The van der Waals surface area contributed by atoms with E-state index < -0.39 is 0 Å². The summed E-state index contributed by atoms with van der Waals surface area (Å²) in [6.45, 7) is 9.41. The van der Waals surface area contributed by atoms with Crippen LogP contribution in [0.25, 0.3) is 0 Å². The third-order valence-corrected chi connectivity index (χ3v) is 4.64. The third-order valence-electron chi connectivity index (χ3n) is 3.39. The maximum absolute atomic E-state index is 11.5. The summed E-state index contributed by atoms with van der Waals surface area (Å²) in [7, 11) is 0. The van der Waals surface area contributed by atoms with Gasteiger partial charge >= 0.3 is 6.09 Å². The Labute approximate surface area is 115 Å². The number of piperidine rings is 1. The largest absolute Gasteiger partial charge is 0.450 e. The SMILES string of the molecule is CCOC(=O)N1CCC(NCC(C)(C)SC)CC1. The normalized spacial score (nSPS) is 17.9. The highest BCUT2D eigenvalue weighted by Gasteiger charge is 2.25. The standard InChI is InChI=1S/C13H26N2O2S/c1-5-17-12(16)15-8-6-11(7-9-15)14-10-13(2,3)18-4/h11,14H,5-10H2,1-4H3. The second-order valence-corrected chi connectivity index (χ2v) is 6.82. The lowest BCUT2D eigenvalue weighted by Gasteiger charge is -2.33. The van der Waals surface area contributed by atoms with E-state index in [9.17, 15) is 4.79 Å². The van der Waals surface area contributed by atoms with Gasteiger partial charge in [0.1, 0.15) is 0 Å². The molecule has 0 saturated carbocycles. The van der Waals surface area contributed by atoms with E-state index >= 15 is 0 Å². The topological polar surface area (TPSA) is 41.6 Å². The van der Waals surface area contributed by atoms with E-state index in [0.29, 0.717) is 12.6 Å². The molecule has 1 saturated heterocycles. The average Bonchev–Trinajstić information content (AvgIpc) is 2.37. The lowest BCUT2D eigenvalue weighted by molar-refractivity contribution is 0.0950. The van der Waals surface area contributed by atoms with Gasteiger partial charge in [0.15, 0.2) is 0 Å². The Morgan fingerprint density at radius 2 is 2.06 bits per heavy atom. The van der Waals surface area contributed by atoms with E-state index in [1.54, 1.807) is 4.90 Å². The van der Waals surface area contributed by atoms with Crippen LogP contribution < -0.4 is 5.32 Å². The van der Waals surface area contributed by atoms with Crippen LogP contribution in [0, 0.1) is 0 Å². The van der Waals surface area contributed by atoms with Crippen LogP contribution in [0.2, 0.25) is 0 Å². The molecular formula is C13H26N2O2S. The molecule has 1 aliphatic heterocycles. The predicted molar refractivity (Wildman–Crippen MR) is 77.2 cm³/mol. The molecule has 0 bridgehead atoms. The highest BCUT2D eigenvalue weighted by atomic mass is 32.2. The first-order chi connectivity index (χ1) is 8.48. The molecule has 1 aliphatic rings. The Hall–Kier alpha value is -0.420. The fraction of sp³-hybridized carbons (Fsp3) is 0.923. The summed E-state index contributed by atoms with van der Waals surface area (Å²) in [6.07, 6.45) is 4.01. The van der Waals surface area contributed by atoms with Crippen molar-refractivity contribution in [1.29, 1.82) is 0 Å². The van der Waals surface area contributed by atoms with Crippen molar-refractivity contribution in [3.05, 3.63) is 0 Å². The van der Waals surface area contributed by atoms with Crippen LogP contribution in [0.5, 0.6) is 0 Å². The Kier molecular flexibility index (Phi) is 6.29. The van der Waals surface area contributed by atoms with Crippen molar-refractivity contribution >= 4 is 17.9 Å². The minimum Gasteiger partial charge on any atom is -0.450 e. The van der Waals surface area contributed by atoms with Gasteiger partial charge in [0.2, 0.25) is 0 Å². The molecule has 0 spiro atoms. The lowest BCUT2D eigenvalue weighted by atomic mass is 10.0. The maximum Gasteiger partial charge on any atom is 0.409 e. The second kappa shape index (κ2) is 7.24. The molecule has 1 amide bonds. The number of rotatable bonds is 5. The van der Waals surface area contributed by atoms with E-state index in [1.807, 2.05) is 18.7 Å². The molecule has 5 heteroatoms. The lowest BCUT2D eigenvalue weighted by Crippen LogP contribution is -2.47. The van der Waals surface area contributed by atoms with E-state index in [1.165, 1.54) is 0 Å². The second-order valence-electron chi connectivity index (χ2n) is 5.30. The minimum absolute atomic E-state index is 0.166. The van der Waals surface area contributed by atoms with Gasteiger partial charge in [0.25, 0.3) is 0 Å². The van der Waals surface area contributed by atoms with Crippen LogP contribution in [0.15, 0.2) is 0 Å². The highest BCUT2D eigenvalue weighted by Crippen LogP contribution is 2.21. The zero-order valence-corrected chi connectivity index (χ0v) is 12.8. The monoisotopic (exact) mass is 274 g/mol. The smallest absolute Gasteiger partial charge is 0.409 e. The van der Waals surface area contributed by atoms with Crippen molar-refractivity contribution in [2.75, 3.05) is 32.5 Å². The Morgan fingerprint density at radius 1 is 1.44 bits per heavy atom. The summed E-state index contributed by atoms with van der Waals surface area (Å²) >= 11 is 1.88. The van der Waals surface area contributed by atoms with Crippen molar-refractivity contribution in [3.63, 3.8) is 0 Å². The third kappa shape index (κ3) is 5.06. The summed E-state index contributed by atoms with van der Waals surface area (Å²) in [4.78, 5) is 13.4. The number of carbonyl (C=O) groups is 1. The van der Waals surface area contributed by atoms with Gasteiger partial charge in [-0.3, -0.25) is 0 Å². The molecule has 0 atom stereocenters. The molecule has 0 radical (unpaired) electrons. The van der Waals surface area contributed by atoms with E-state index in [0.717, 1.165) is 32.5 Å². The summed E-state index contributed by atoms with van der Waals surface area (Å²) in [5, 5.41) is 3.60. The number of nitrogens with zero attached hydrogens (tertiary/aromatic N) is 1. The molecule has 4 nitrogen and oxygen atoms in total. The molecule has 18 heavy (non-hydrogen) atoms. The number of thioether (sulfide) groups is 1. The van der Waals surface area contributed by atoms with Gasteiger partial charge in [-0.2, -0.15) is 11.8 Å². The average molecular weight is 274 g/mol. The quantitative estimate of drug-likeness (QED) is 0.835. The van der Waals surface area contributed by atoms with Crippen molar-refractivity contribution in [3.8, 4) is 0 Å². The van der Waals surface area contributed by atoms with Crippen LogP contribution in [0.4, 0.5) is 4.79 Å². The molecule has 0 aromatic carbocycles. The van der Waals surface area contributed by atoms with Gasteiger partial charge in [-0.15, -0.1) is 0 Å². The molecule has 106 valence electrons.